The first-order valence-electron chi connectivity index (χ1n) is 3.74. The molecule has 2 nitrogen and oxygen atoms in total. The van der Waals surface area contributed by atoms with Gasteiger partial charge in [0, 0.05) is 11.1 Å². The highest BCUT2D eigenvalue weighted by molar-refractivity contribution is 6.07. The lowest BCUT2D eigenvalue weighted by Crippen LogP contribution is -2.02. The Hall–Kier alpha value is -0.674. The van der Waals surface area contributed by atoms with Crippen molar-refractivity contribution in [3.63, 3.8) is 0 Å². The van der Waals surface area contributed by atoms with Crippen molar-refractivity contribution in [1.29, 1.82) is 0 Å². The Kier molecular flexibility index (Phi) is 4.88. The van der Waals surface area contributed by atoms with Gasteiger partial charge in [-0.05, 0) is 13.8 Å². The zero-order valence-electron chi connectivity index (χ0n) is 7.13. The fourth-order valence-electron chi connectivity index (χ4n) is 1.10. The van der Waals surface area contributed by atoms with Crippen molar-refractivity contribution < 1.29 is 9.59 Å². The molecule has 0 spiro atoms. The largest absolute Gasteiger partial charge is 0.316 e. The van der Waals surface area contributed by atoms with Crippen LogP contribution >= 0.6 is 0 Å². The van der Waals surface area contributed by atoms with Crippen molar-refractivity contribution in [2.45, 2.75) is 13.8 Å². The standard InChI is InChI=1S/C10H10O2.Mg.2H/c1-7(11)9-5-3-4-6-10(9)8(2)12;;;/h3-6H,1-2H3;;;. The second-order valence-corrected chi connectivity index (χ2v) is 2.66. The summed E-state index contributed by atoms with van der Waals surface area (Å²) in [6.45, 7) is 2.92. The molecule has 0 saturated carbocycles. The maximum Gasteiger partial charge on any atom is 0.316 e. The highest BCUT2D eigenvalue weighted by Crippen LogP contribution is 2.09. The minimum absolute atomic E-state index is 0. The van der Waals surface area contributed by atoms with Crippen molar-refractivity contribution in [2.24, 2.45) is 0 Å². The second kappa shape index (κ2) is 5.14. The molecule has 0 heterocycles. The number of rotatable bonds is 2. The van der Waals surface area contributed by atoms with Crippen LogP contribution in [-0.4, -0.2) is 34.6 Å². The quantitative estimate of drug-likeness (QED) is 0.516. The molecule has 0 amide bonds. The topological polar surface area (TPSA) is 34.1 Å². The van der Waals surface area contributed by atoms with Crippen LogP contribution in [0.1, 0.15) is 34.6 Å². The molecule has 1 aromatic rings. The molecular formula is C10H12MgO2. The van der Waals surface area contributed by atoms with E-state index >= 15 is 0 Å². The van der Waals surface area contributed by atoms with Crippen LogP contribution in [0, 0.1) is 0 Å². The van der Waals surface area contributed by atoms with E-state index in [2.05, 4.69) is 0 Å². The van der Waals surface area contributed by atoms with Gasteiger partial charge in [-0.25, -0.2) is 0 Å². The number of hydrogen-bond donors (Lipinski definition) is 0. The first kappa shape index (κ1) is 12.3. The average Bonchev–Trinajstić information content (AvgIpc) is 2.04. The van der Waals surface area contributed by atoms with Gasteiger partial charge in [-0.1, -0.05) is 24.3 Å². The molecule has 1 aromatic carbocycles. The van der Waals surface area contributed by atoms with Gasteiger partial charge in [0.05, 0.1) is 0 Å². The third-order valence-electron chi connectivity index (χ3n) is 1.69. The summed E-state index contributed by atoms with van der Waals surface area (Å²) in [6, 6.07) is 6.84. The summed E-state index contributed by atoms with van der Waals surface area (Å²) in [5.41, 5.74) is 1.01. The average molecular weight is 189 g/mol. The Bertz CT molecular complexity index is 298. The van der Waals surface area contributed by atoms with Crippen LogP contribution in [0.25, 0.3) is 0 Å². The minimum atomic E-state index is -0.0687. The number of carbonyl (C=O) groups excluding carboxylic acids is 2. The molecule has 0 bridgehead atoms. The van der Waals surface area contributed by atoms with E-state index < -0.39 is 0 Å². The Morgan fingerprint density at radius 3 is 1.46 bits per heavy atom. The lowest BCUT2D eigenvalue weighted by Gasteiger charge is -2.00. The second-order valence-electron chi connectivity index (χ2n) is 2.66. The third-order valence-corrected chi connectivity index (χ3v) is 1.69. The zero-order valence-corrected chi connectivity index (χ0v) is 7.13. The molecule has 0 saturated heterocycles. The number of hydrogen-bond acceptors (Lipinski definition) is 2. The minimum Gasteiger partial charge on any atom is -0.294 e. The summed E-state index contributed by atoms with van der Waals surface area (Å²) in [7, 11) is 0. The summed E-state index contributed by atoms with van der Waals surface area (Å²) in [5, 5.41) is 0. The first-order valence-corrected chi connectivity index (χ1v) is 3.74. The smallest absolute Gasteiger partial charge is 0.294 e. The maximum absolute atomic E-state index is 11.0. The van der Waals surface area contributed by atoms with E-state index in [1.807, 2.05) is 0 Å². The molecule has 13 heavy (non-hydrogen) atoms. The van der Waals surface area contributed by atoms with Crippen molar-refractivity contribution in [3.8, 4) is 0 Å². The molecule has 0 aromatic heterocycles. The Balaban J connectivity index is 0.00000144. The van der Waals surface area contributed by atoms with Gasteiger partial charge in [0.2, 0.25) is 0 Å². The van der Waals surface area contributed by atoms with E-state index in [4.69, 9.17) is 0 Å². The van der Waals surface area contributed by atoms with Gasteiger partial charge in [-0.15, -0.1) is 0 Å². The van der Waals surface area contributed by atoms with Gasteiger partial charge in [-0.3, -0.25) is 9.59 Å². The summed E-state index contributed by atoms with van der Waals surface area (Å²) < 4.78 is 0. The Morgan fingerprint density at radius 1 is 0.923 bits per heavy atom. The van der Waals surface area contributed by atoms with Crippen molar-refractivity contribution in [1.82, 2.24) is 0 Å². The van der Waals surface area contributed by atoms with Gasteiger partial charge < -0.3 is 0 Å². The highest BCUT2D eigenvalue weighted by Gasteiger charge is 2.08. The maximum atomic E-state index is 11.0. The van der Waals surface area contributed by atoms with Crippen LogP contribution in [0.3, 0.4) is 0 Å². The van der Waals surface area contributed by atoms with E-state index in [0.717, 1.165) is 0 Å². The normalized spacial score (nSPS) is 8.77. The van der Waals surface area contributed by atoms with Crippen LogP contribution in [0.5, 0.6) is 0 Å². The fraction of sp³-hybridized carbons (Fsp3) is 0.200. The fourth-order valence-corrected chi connectivity index (χ4v) is 1.10. The summed E-state index contributed by atoms with van der Waals surface area (Å²) in [6.07, 6.45) is 0. The van der Waals surface area contributed by atoms with E-state index in [9.17, 15) is 9.59 Å². The van der Waals surface area contributed by atoms with E-state index in [1.165, 1.54) is 13.8 Å². The molecule has 0 aliphatic rings. The summed E-state index contributed by atoms with van der Waals surface area (Å²) in [5.74, 6) is -0.137. The number of carbonyl (C=O) groups is 2. The monoisotopic (exact) mass is 188 g/mol. The first-order chi connectivity index (χ1) is 5.63. The number of benzene rings is 1. The molecule has 0 radical (unpaired) electrons. The van der Waals surface area contributed by atoms with Gasteiger partial charge in [0.1, 0.15) is 0 Å². The van der Waals surface area contributed by atoms with Gasteiger partial charge in [-0.2, -0.15) is 0 Å². The molecule has 0 N–H and O–H groups in total. The molecule has 0 aliphatic carbocycles. The number of Topliss-reactive ketones (excluding diaryl/α,β-unsaturated/α-hetero) is 2. The van der Waals surface area contributed by atoms with Gasteiger partial charge in [0.15, 0.2) is 11.6 Å². The summed E-state index contributed by atoms with van der Waals surface area (Å²) in [4.78, 5) is 22.0. The van der Waals surface area contributed by atoms with Crippen LogP contribution in [0.15, 0.2) is 24.3 Å². The van der Waals surface area contributed by atoms with Crippen LogP contribution in [-0.2, 0) is 0 Å². The summed E-state index contributed by atoms with van der Waals surface area (Å²) >= 11 is 0. The predicted octanol–water partition coefficient (Wildman–Crippen LogP) is 1.18. The lowest BCUT2D eigenvalue weighted by molar-refractivity contribution is 0.0981. The van der Waals surface area contributed by atoms with Crippen molar-refractivity contribution in [3.05, 3.63) is 35.4 Å². The highest BCUT2D eigenvalue weighted by atomic mass is 24.3. The molecule has 0 unspecified atom stereocenters. The van der Waals surface area contributed by atoms with Crippen LogP contribution in [0.2, 0.25) is 0 Å². The van der Waals surface area contributed by atoms with E-state index in [0.29, 0.717) is 11.1 Å². The zero-order chi connectivity index (χ0) is 9.14. The molecule has 0 atom stereocenters. The third kappa shape index (κ3) is 2.93. The Labute approximate surface area is 93.5 Å². The Morgan fingerprint density at radius 2 is 1.23 bits per heavy atom. The van der Waals surface area contributed by atoms with Crippen molar-refractivity contribution in [2.75, 3.05) is 0 Å². The van der Waals surface area contributed by atoms with Gasteiger partial charge >= 0.3 is 23.1 Å². The lowest BCUT2D eigenvalue weighted by atomic mass is 10.0. The van der Waals surface area contributed by atoms with Crippen LogP contribution < -0.4 is 0 Å². The SMILES string of the molecule is CC(=O)c1ccccc1C(C)=O.[MgH2]. The predicted molar refractivity (Wildman–Crippen MR) is 55.0 cm³/mol. The molecular weight excluding hydrogens is 176 g/mol. The van der Waals surface area contributed by atoms with E-state index in [1.54, 1.807) is 24.3 Å². The molecule has 0 aliphatic heterocycles. The van der Waals surface area contributed by atoms with E-state index in [-0.39, 0.29) is 34.6 Å². The molecule has 0 fully saturated rings. The molecule has 1 rings (SSSR count). The van der Waals surface area contributed by atoms with Crippen LogP contribution in [0.4, 0.5) is 0 Å². The number of ketones is 2. The molecule has 3 heteroatoms. The molecule has 66 valence electrons. The van der Waals surface area contributed by atoms with Gasteiger partial charge in [0.25, 0.3) is 0 Å². The van der Waals surface area contributed by atoms with Crippen molar-refractivity contribution >= 4 is 34.6 Å².